The first-order chi connectivity index (χ1) is 17.6. The van der Waals surface area contributed by atoms with E-state index in [1.54, 1.807) is 38.1 Å². The minimum atomic E-state index is -4.34. The van der Waals surface area contributed by atoms with Crippen LogP contribution in [0.25, 0.3) is 16.7 Å². The lowest BCUT2D eigenvalue weighted by Gasteiger charge is -2.27. The summed E-state index contributed by atoms with van der Waals surface area (Å²) < 4.78 is 55.2. The number of alkyl halides is 3. The van der Waals surface area contributed by atoms with Crippen molar-refractivity contribution in [1.29, 1.82) is 0 Å². The van der Waals surface area contributed by atoms with Gasteiger partial charge < -0.3 is 14.2 Å². The summed E-state index contributed by atoms with van der Waals surface area (Å²) in [7, 11) is 0. The van der Waals surface area contributed by atoms with E-state index in [2.05, 4.69) is 0 Å². The second-order valence-electron chi connectivity index (χ2n) is 8.73. The first-order valence-corrected chi connectivity index (χ1v) is 12.1. The normalized spacial score (nSPS) is 13.5. The molecule has 3 aromatic carbocycles. The Kier molecular flexibility index (Phi) is 9.03. The molecule has 0 bridgehead atoms. The van der Waals surface area contributed by atoms with E-state index >= 15 is 0 Å². The van der Waals surface area contributed by atoms with Crippen LogP contribution in [0.15, 0.2) is 78.9 Å². The summed E-state index contributed by atoms with van der Waals surface area (Å²) in [5.74, 6) is 0.804. The molecule has 37 heavy (non-hydrogen) atoms. The number of esters is 1. The minimum Gasteiger partial charge on any atom is -0.490 e. The smallest absolute Gasteiger partial charge is 0.416 e. The maximum atomic E-state index is 12.8. The van der Waals surface area contributed by atoms with E-state index in [4.69, 9.17) is 14.2 Å². The Morgan fingerprint density at radius 2 is 1.38 bits per heavy atom. The van der Waals surface area contributed by atoms with Crippen LogP contribution in [0.4, 0.5) is 13.2 Å². The molecule has 7 heteroatoms. The minimum absolute atomic E-state index is 0.292. The van der Waals surface area contributed by atoms with Gasteiger partial charge in [-0.15, -0.1) is 0 Å². The Morgan fingerprint density at radius 3 is 1.89 bits per heavy atom. The lowest BCUT2D eigenvalue weighted by molar-refractivity contribution is -0.160. The van der Waals surface area contributed by atoms with Crippen LogP contribution in [0.5, 0.6) is 11.5 Å². The van der Waals surface area contributed by atoms with Crippen LogP contribution in [-0.2, 0) is 15.7 Å². The van der Waals surface area contributed by atoms with Crippen LogP contribution in [0.1, 0.15) is 45.2 Å². The van der Waals surface area contributed by atoms with Gasteiger partial charge in [-0.05, 0) is 91.9 Å². The van der Waals surface area contributed by atoms with Gasteiger partial charge in [-0.1, -0.05) is 43.3 Å². The molecule has 0 fully saturated rings. The van der Waals surface area contributed by atoms with Crippen molar-refractivity contribution in [1.82, 2.24) is 0 Å². The van der Waals surface area contributed by atoms with Gasteiger partial charge in [0.1, 0.15) is 18.1 Å². The summed E-state index contributed by atoms with van der Waals surface area (Å²) in [5.41, 5.74) is 1.84. The van der Waals surface area contributed by atoms with Crippen molar-refractivity contribution in [2.75, 3.05) is 13.2 Å². The van der Waals surface area contributed by atoms with Crippen molar-refractivity contribution in [3.05, 3.63) is 90.0 Å². The number of benzene rings is 3. The molecule has 0 aliphatic rings. The van der Waals surface area contributed by atoms with Crippen LogP contribution in [0, 0.1) is 0 Å². The molecule has 0 saturated carbocycles. The van der Waals surface area contributed by atoms with Crippen molar-refractivity contribution in [3.63, 3.8) is 0 Å². The highest BCUT2D eigenvalue weighted by molar-refractivity contribution is 5.79. The molecule has 3 rings (SSSR count). The molecule has 0 heterocycles. The zero-order valence-electron chi connectivity index (χ0n) is 21.4. The summed E-state index contributed by atoms with van der Waals surface area (Å²) in [4.78, 5) is 12.2. The number of rotatable bonds is 10. The van der Waals surface area contributed by atoms with Gasteiger partial charge in [0, 0.05) is 0 Å². The molecule has 0 saturated heterocycles. The zero-order valence-corrected chi connectivity index (χ0v) is 21.4. The predicted molar refractivity (Wildman–Crippen MR) is 138 cm³/mol. The molecule has 0 aliphatic carbocycles. The largest absolute Gasteiger partial charge is 0.490 e. The maximum Gasteiger partial charge on any atom is 0.416 e. The zero-order chi connectivity index (χ0) is 27.1. The van der Waals surface area contributed by atoms with Crippen molar-refractivity contribution in [3.8, 4) is 22.6 Å². The quantitative estimate of drug-likeness (QED) is 0.259. The van der Waals surface area contributed by atoms with Gasteiger partial charge in [-0.25, -0.2) is 4.79 Å². The first-order valence-electron chi connectivity index (χ1n) is 12.1. The van der Waals surface area contributed by atoms with Gasteiger partial charge in [-0.3, -0.25) is 0 Å². The Morgan fingerprint density at radius 1 is 0.838 bits per heavy atom. The van der Waals surface area contributed by atoms with Crippen molar-refractivity contribution in [2.24, 2.45) is 0 Å². The van der Waals surface area contributed by atoms with E-state index in [9.17, 15) is 18.0 Å². The average Bonchev–Trinajstić information content (AvgIpc) is 2.89. The molecule has 4 nitrogen and oxygen atoms in total. The summed E-state index contributed by atoms with van der Waals surface area (Å²) >= 11 is 0. The molecule has 1 atom stereocenters. The molecule has 0 radical (unpaired) electrons. The lowest BCUT2D eigenvalue weighted by Crippen LogP contribution is -2.42. The standard InChI is InChI=1S/C30H31F3O4/c1-5-29(4,28(34)35-6-2)37-27-17-15-26(16-18-27)36-20-19-21(3)22-7-9-23(10-8-22)24-11-13-25(14-12-24)30(31,32)33/h7-19H,5-6,20H2,1-4H3/t29-/m1/s1. The number of ether oxygens (including phenoxy) is 3. The molecule has 3 aromatic rings. The van der Waals surface area contributed by atoms with Crippen LogP contribution in [0.2, 0.25) is 0 Å². The molecule has 0 amide bonds. The summed E-state index contributed by atoms with van der Waals surface area (Å²) in [6.07, 6.45) is -1.92. The highest BCUT2D eigenvalue weighted by atomic mass is 19.4. The third kappa shape index (κ3) is 7.38. The number of halogens is 3. The molecule has 0 spiro atoms. The fraction of sp³-hybridized carbons (Fsp3) is 0.300. The first kappa shape index (κ1) is 27.8. The Bertz CT molecular complexity index is 1200. The number of carbonyl (C=O) groups is 1. The number of hydrogen-bond donors (Lipinski definition) is 0. The van der Waals surface area contributed by atoms with E-state index in [0.29, 0.717) is 31.1 Å². The highest BCUT2D eigenvalue weighted by Crippen LogP contribution is 2.31. The van der Waals surface area contributed by atoms with Gasteiger partial charge in [0.05, 0.1) is 12.2 Å². The highest BCUT2D eigenvalue weighted by Gasteiger charge is 2.35. The van der Waals surface area contributed by atoms with E-state index < -0.39 is 23.3 Å². The van der Waals surface area contributed by atoms with Crippen LogP contribution in [0.3, 0.4) is 0 Å². The predicted octanol–water partition coefficient (Wildman–Crippen LogP) is 7.97. The summed E-state index contributed by atoms with van der Waals surface area (Å²) in [6, 6.07) is 19.8. The van der Waals surface area contributed by atoms with Crippen LogP contribution >= 0.6 is 0 Å². The molecule has 0 aliphatic heterocycles. The third-order valence-electron chi connectivity index (χ3n) is 6.07. The average molecular weight is 513 g/mol. The number of allylic oxidation sites excluding steroid dienone is 1. The second kappa shape index (κ2) is 12.0. The molecule has 0 aromatic heterocycles. The van der Waals surface area contributed by atoms with Crippen LogP contribution in [-0.4, -0.2) is 24.8 Å². The summed E-state index contributed by atoms with van der Waals surface area (Å²) in [6.45, 7) is 7.94. The van der Waals surface area contributed by atoms with Gasteiger partial charge in [-0.2, -0.15) is 13.2 Å². The van der Waals surface area contributed by atoms with Crippen molar-refractivity contribution < 1.29 is 32.2 Å². The van der Waals surface area contributed by atoms with Gasteiger partial charge in [0.2, 0.25) is 5.60 Å². The van der Waals surface area contributed by atoms with Crippen molar-refractivity contribution >= 4 is 11.5 Å². The van der Waals surface area contributed by atoms with Crippen molar-refractivity contribution in [2.45, 2.75) is 45.9 Å². The number of hydrogen-bond acceptors (Lipinski definition) is 4. The van der Waals surface area contributed by atoms with Gasteiger partial charge in [0.15, 0.2) is 0 Å². The third-order valence-corrected chi connectivity index (χ3v) is 6.07. The van der Waals surface area contributed by atoms with E-state index in [0.717, 1.165) is 34.4 Å². The van der Waals surface area contributed by atoms with E-state index in [-0.39, 0.29) is 0 Å². The van der Waals surface area contributed by atoms with Gasteiger partial charge in [0.25, 0.3) is 0 Å². The summed E-state index contributed by atoms with van der Waals surface area (Å²) in [5, 5.41) is 0. The molecule has 196 valence electrons. The number of carbonyl (C=O) groups excluding carboxylic acids is 1. The van der Waals surface area contributed by atoms with E-state index in [1.807, 2.05) is 44.2 Å². The fourth-order valence-electron chi connectivity index (χ4n) is 3.56. The molecular weight excluding hydrogens is 481 g/mol. The molecular formula is C30H31F3O4. The molecule has 0 unspecified atom stereocenters. The Labute approximate surface area is 215 Å². The molecule has 0 N–H and O–H groups in total. The Hall–Kier alpha value is -3.74. The monoisotopic (exact) mass is 512 g/mol. The SMILES string of the molecule is CCOC(=O)[C@@](C)(CC)Oc1ccc(OCC=C(C)c2ccc(-c3ccc(C(F)(F)F)cc3)cc2)cc1. The second-order valence-corrected chi connectivity index (χ2v) is 8.73. The fourth-order valence-corrected chi connectivity index (χ4v) is 3.56. The van der Waals surface area contributed by atoms with E-state index in [1.165, 1.54) is 12.1 Å². The lowest BCUT2D eigenvalue weighted by atomic mass is 10.00. The van der Waals surface area contributed by atoms with Crippen LogP contribution < -0.4 is 9.47 Å². The maximum absolute atomic E-state index is 12.8. The topological polar surface area (TPSA) is 44.8 Å². The Balaban J connectivity index is 1.57. The van der Waals surface area contributed by atoms with Gasteiger partial charge >= 0.3 is 12.1 Å².